The van der Waals surface area contributed by atoms with Crippen molar-refractivity contribution in [2.24, 2.45) is 0 Å². The topological polar surface area (TPSA) is 0 Å². The maximum Gasteiger partial charge on any atom is 0 e. The van der Waals surface area contributed by atoms with E-state index in [1.807, 2.05) is 0 Å². The Morgan fingerprint density at radius 2 is 2.00 bits per heavy atom. The average Bonchev–Trinajstić information content (AvgIpc) is 2.54. The van der Waals surface area contributed by atoms with Crippen LogP contribution in [0.3, 0.4) is 0 Å². The standard InChI is InChI=1S/C12H17P.B/c1-13-9-5-8-12(13)10-11-6-3-2-4-7-11;/h2-4,6-7,12H,5,8-10H2,1H3;/t12-,13-;/m0./s1. The van der Waals surface area contributed by atoms with Crippen molar-refractivity contribution in [3.8, 4) is 0 Å². The third-order valence-corrected chi connectivity index (χ3v) is 5.69. The lowest BCUT2D eigenvalue weighted by Crippen LogP contribution is -2.03. The highest BCUT2D eigenvalue weighted by atomic mass is 31.1. The summed E-state index contributed by atoms with van der Waals surface area (Å²) in [4.78, 5) is 0. The Morgan fingerprint density at radius 1 is 1.29 bits per heavy atom. The van der Waals surface area contributed by atoms with Gasteiger partial charge in [-0.05, 0) is 43.3 Å². The van der Waals surface area contributed by atoms with Crippen molar-refractivity contribution >= 4 is 16.3 Å². The van der Waals surface area contributed by atoms with E-state index in [4.69, 9.17) is 0 Å². The van der Waals surface area contributed by atoms with E-state index in [1.54, 1.807) is 0 Å². The normalized spacial score (nSPS) is 25.8. The first-order valence-electron chi connectivity index (χ1n) is 5.10. The molecule has 1 aromatic rings. The molecular weight excluding hydrogens is 186 g/mol. The van der Waals surface area contributed by atoms with Gasteiger partial charge in [-0.3, -0.25) is 0 Å². The Kier molecular flexibility index (Phi) is 4.68. The smallest absolute Gasteiger partial charge is 0 e. The van der Waals surface area contributed by atoms with Crippen LogP contribution < -0.4 is 0 Å². The van der Waals surface area contributed by atoms with Gasteiger partial charge >= 0.3 is 0 Å². The zero-order valence-corrected chi connectivity index (χ0v) is 9.71. The predicted octanol–water partition coefficient (Wildman–Crippen LogP) is 3.12. The Morgan fingerprint density at radius 3 is 2.57 bits per heavy atom. The van der Waals surface area contributed by atoms with E-state index in [9.17, 15) is 0 Å². The van der Waals surface area contributed by atoms with Crippen LogP contribution in [0.1, 0.15) is 18.4 Å². The van der Waals surface area contributed by atoms with Crippen LogP contribution in [0.5, 0.6) is 0 Å². The molecule has 0 amide bonds. The summed E-state index contributed by atoms with van der Waals surface area (Å²) in [5.74, 6) is 0. The molecule has 0 bridgehead atoms. The minimum Gasteiger partial charge on any atom is -0.106 e. The Hall–Kier alpha value is -0.285. The number of benzene rings is 1. The number of hydrogen-bond acceptors (Lipinski definition) is 0. The van der Waals surface area contributed by atoms with Gasteiger partial charge in [0.15, 0.2) is 0 Å². The summed E-state index contributed by atoms with van der Waals surface area (Å²) >= 11 is 0. The van der Waals surface area contributed by atoms with E-state index in [1.165, 1.54) is 31.0 Å². The lowest BCUT2D eigenvalue weighted by atomic mass is 10.1. The molecule has 0 spiro atoms. The maximum absolute atomic E-state index is 2.47. The predicted molar refractivity (Wildman–Crippen MR) is 66.6 cm³/mol. The van der Waals surface area contributed by atoms with Gasteiger partial charge < -0.3 is 0 Å². The summed E-state index contributed by atoms with van der Waals surface area (Å²) in [5.41, 5.74) is 2.54. The van der Waals surface area contributed by atoms with Gasteiger partial charge in [0.1, 0.15) is 0 Å². The van der Waals surface area contributed by atoms with E-state index in [0.29, 0.717) is 7.92 Å². The van der Waals surface area contributed by atoms with Crippen LogP contribution >= 0.6 is 7.92 Å². The van der Waals surface area contributed by atoms with E-state index in [2.05, 4.69) is 37.0 Å². The first kappa shape index (κ1) is 11.8. The first-order chi connectivity index (χ1) is 6.36. The molecule has 1 heterocycles. The van der Waals surface area contributed by atoms with E-state index in [0.717, 1.165) is 5.66 Å². The summed E-state index contributed by atoms with van der Waals surface area (Å²) in [7, 11) is 0.348. The molecule has 0 aromatic heterocycles. The second-order valence-electron chi connectivity index (χ2n) is 3.97. The van der Waals surface area contributed by atoms with Crippen molar-refractivity contribution < 1.29 is 0 Å². The van der Waals surface area contributed by atoms with Crippen molar-refractivity contribution in [2.45, 2.75) is 24.9 Å². The molecule has 0 aliphatic carbocycles. The first-order valence-corrected chi connectivity index (χ1v) is 7.15. The molecule has 1 aliphatic heterocycles. The van der Waals surface area contributed by atoms with Crippen LogP contribution in [0, 0.1) is 0 Å². The number of hydrogen-bond donors (Lipinski definition) is 0. The fourth-order valence-electron chi connectivity index (χ4n) is 2.12. The van der Waals surface area contributed by atoms with Crippen molar-refractivity contribution in [1.29, 1.82) is 0 Å². The highest BCUT2D eigenvalue weighted by Gasteiger charge is 2.22. The summed E-state index contributed by atoms with van der Waals surface area (Å²) in [5, 5.41) is 0. The van der Waals surface area contributed by atoms with Crippen LogP contribution in [-0.2, 0) is 6.42 Å². The van der Waals surface area contributed by atoms with Gasteiger partial charge in [-0.2, -0.15) is 0 Å². The zero-order chi connectivity index (χ0) is 9.10. The molecule has 0 N–H and O–H groups in total. The molecule has 3 radical (unpaired) electrons. The van der Waals surface area contributed by atoms with Gasteiger partial charge in [-0.25, -0.2) is 0 Å². The van der Waals surface area contributed by atoms with E-state index < -0.39 is 0 Å². The van der Waals surface area contributed by atoms with Crippen LogP contribution in [0.25, 0.3) is 0 Å². The van der Waals surface area contributed by atoms with Gasteiger partial charge in [0, 0.05) is 8.41 Å². The molecular formula is C12H17BP. The molecule has 2 rings (SSSR count). The Labute approximate surface area is 90.4 Å². The molecule has 73 valence electrons. The Balaban J connectivity index is 0.000000980. The minimum absolute atomic E-state index is 0. The summed E-state index contributed by atoms with van der Waals surface area (Å²) in [6.07, 6.45) is 5.77. The number of rotatable bonds is 2. The minimum atomic E-state index is 0. The molecule has 2 atom stereocenters. The summed E-state index contributed by atoms with van der Waals surface area (Å²) in [6, 6.07) is 10.9. The van der Waals surface area contributed by atoms with Crippen LogP contribution in [-0.4, -0.2) is 26.9 Å². The fraction of sp³-hybridized carbons (Fsp3) is 0.500. The second kappa shape index (κ2) is 5.56. The molecule has 0 saturated carbocycles. The van der Waals surface area contributed by atoms with Gasteiger partial charge in [0.05, 0.1) is 0 Å². The van der Waals surface area contributed by atoms with Gasteiger partial charge in [0.2, 0.25) is 0 Å². The van der Waals surface area contributed by atoms with Crippen LogP contribution in [0.15, 0.2) is 30.3 Å². The quantitative estimate of drug-likeness (QED) is 0.511. The van der Waals surface area contributed by atoms with Crippen LogP contribution in [0.4, 0.5) is 0 Å². The summed E-state index contributed by atoms with van der Waals surface area (Å²) in [6.45, 7) is 2.47. The molecule has 0 unspecified atom stereocenters. The SMILES string of the molecule is C[P@@]1CCC[C@H]1Cc1ccccc1.[B]. The highest BCUT2D eigenvalue weighted by Crippen LogP contribution is 2.47. The Bertz CT molecular complexity index is 260. The maximum atomic E-state index is 2.47. The second-order valence-corrected chi connectivity index (χ2v) is 6.66. The molecule has 0 nitrogen and oxygen atoms in total. The van der Waals surface area contributed by atoms with E-state index >= 15 is 0 Å². The lowest BCUT2D eigenvalue weighted by molar-refractivity contribution is 0.774. The van der Waals surface area contributed by atoms with Crippen molar-refractivity contribution in [3.05, 3.63) is 35.9 Å². The van der Waals surface area contributed by atoms with E-state index in [-0.39, 0.29) is 8.41 Å². The van der Waals surface area contributed by atoms with Gasteiger partial charge in [0.25, 0.3) is 0 Å². The highest BCUT2D eigenvalue weighted by molar-refractivity contribution is 7.57. The average molecular weight is 203 g/mol. The molecule has 14 heavy (non-hydrogen) atoms. The molecule has 1 fully saturated rings. The molecule has 1 aliphatic rings. The van der Waals surface area contributed by atoms with Gasteiger partial charge in [-0.15, -0.1) is 7.92 Å². The summed E-state index contributed by atoms with van der Waals surface area (Å²) < 4.78 is 0. The van der Waals surface area contributed by atoms with Gasteiger partial charge in [-0.1, -0.05) is 30.3 Å². The van der Waals surface area contributed by atoms with Crippen molar-refractivity contribution in [1.82, 2.24) is 0 Å². The third kappa shape index (κ3) is 2.85. The monoisotopic (exact) mass is 203 g/mol. The molecule has 1 saturated heterocycles. The fourth-order valence-corrected chi connectivity index (χ4v) is 4.32. The molecule has 1 aromatic carbocycles. The largest absolute Gasteiger partial charge is 0.106 e. The lowest BCUT2D eigenvalue weighted by Gasteiger charge is -2.15. The molecule has 2 heteroatoms. The van der Waals surface area contributed by atoms with Crippen molar-refractivity contribution in [3.63, 3.8) is 0 Å². The zero-order valence-electron chi connectivity index (χ0n) is 8.82. The van der Waals surface area contributed by atoms with Crippen molar-refractivity contribution in [2.75, 3.05) is 12.8 Å². The third-order valence-electron chi connectivity index (χ3n) is 2.99. The van der Waals surface area contributed by atoms with Crippen LogP contribution in [0.2, 0.25) is 0 Å².